The number of hydrogen-bond donors (Lipinski definition) is 2. The number of imidazole rings is 1. The molecule has 1 aliphatic rings. The Hall–Kier alpha value is -4.25. The molecule has 0 aliphatic carbocycles. The standard InChI is InChI=1S/C26H28FN7O3/c1-15-30-22-20(32(15)2)10-9-19(24(22)33-13-5-6-16(33)14-28)31-25(35)17-11-12-29-34(26(17)36)23-18(27)7-4-8-21(23)37-3/h4,7-12,16H,5-6,13-14,28H2,1-3H3,(H,31,35)/t16-/m0/s1. The molecule has 0 bridgehead atoms. The summed E-state index contributed by atoms with van der Waals surface area (Å²) < 4.78 is 22.7. The van der Waals surface area contributed by atoms with E-state index in [4.69, 9.17) is 15.5 Å². The Kier molecular flexibility index (Phi) is 6.38. The van der Waals surface area contributed by atoms with E-state index in [-0.39, 0.29) is 23.0 Å². The quantitative estimate of drug-likeness (QED) is 0.413. The lowest BCUT2D eigenvalue weighted by Crippen LogP contribution is -2.36. The number of rotatable bonds is 6. The smallest absolute Gasteiger partial charge is 0.284 e. The zero-order chi connectivity index (χ0) is 26.3. The third kappa shape index (κ3) is 4.10. The van der Waals surface area contributed by atoms with Crippen molar-refractivity contribution < 1.29 is 13.9 Å². The number of hydrogen-bond acceptors (Lipinski definition) is 7. The van der Waals surface area contributed by atoms with Crippen LogP contribution in [0.15, 0.2) is 47.4 Å². The highest BCUT2D eigenvalue weighted by molar-refractivity contribution is 6.09. The van der Waals surface area contributed by atoms with Crippen molar-refractivity contribution in [2.24, 2.45) is 12.8 Å². The number of benzene rings is 2. The molecule has 1 atom stereocenters. The number of carbonyl (C=O) groups excluding carboxylic acids is 1. The minimum Gasteiger partial charge on any atom is -0.494 e. The van der Waals surface area contributed by atoms with Crippen molar-refractivity contribution in [2.45, 2.75) is 25.8 Å². The van der Waals surface area contributed by atoms with Gasteiger partial charge in [-0.25, -0.2) is 9.37 Å². The van der Waals surface area contributed by atoms with Crippen LogP contribution in [-0.2, 0) is 7.05 Å². The van der Waals surface area contributed by atoms with Crippen LogP contribution in [0, 0.1) is 12.7 Å². The summed E-state index contributed by atoms with van der Waals surface area (Å²) in [7, 11) is 3.30. The molecule has 0 saturated carbocycles. The first kappa shape index (κ1) is 24.4. The number of carbonyl (C=O) groups is 1. The molecule has 5 rings (SSSR count). The van der Waals surface area contributed by atoms with E-state index in [0.717, 1.165) is 46.6 Å². The second kappa shape index (κ2) is 9.66. The lowest BCUT2D eigenvalue weighted by atomic mass is 10.1. The molecule has 4 aromatic rings. The first-order chi connectivity index (χ1) is 17.8. The van der Waals surface area contributed by atoms with Crippen LogP contribution in [0.5, 0.6) is 5.75 Å². The number of aryl methyl sites for hydroxylation is 2. The molecule has 3 N–H and O–H groups in total. The summed E-state index contributed by atoms with van der Waals surface area (Å²) in [5.74, 6) is -0.397. The zero-order valence-corrected chi connectivity index (χ0v) is 20.9. The van der Waals surface area contributed by atoms with Crippen molar-refractivity contribution in [1.29, 1.82) is 0 Å². The third-order valence-corrected chi connectivity index (χ3v) is 6.91. The first-order valence-electron chi connectivity index (χ1n) is 12.0. The molecule has 3 heterocycles. The van der Waals surface area contributed by atoms with Gasteiger partial charge in [0.15, 0.2) is 5.82 Å². The van der Waals surface area contributed by atoms with E-state index in [0.29, 0.717) is 12.2 Å². The number of nitrogens with two attached hydrogens (primary N) is 1. The predicted molar refractivity (Wildman–Crippen MR) is 139 cm³/mol. The van der Waals surface area contributed by atoms with Gasteiger partial charge in [-0.15, -0.1) is 0 Å². The van der Waals surface area contributed by atoms with Crippen LogP contribution in [-0.4, -0.2) is 51.5 Å². The van der Waals surface area contributed by atoms with Crippen LogP contribution < -0.4 is 26.2 Å². The molecule has 37 heavy (non-hydrogen) atoms. The fraction of sp³-hybridized carbons (Fsp3) is 0.308. The monoisotopic (exact) mass is 505 g/mol. The summed E-state index contributed by atoms with van der Waals surface area (Å²) in [5.41, 5.74) is 7.89. The summed E-state index contributed by atoms with van der Waals surface area (Å²) in [5, 5.41) is 6.89. The van der Waals surface area contributed by atoms with Gasteiger partial charge in [0.05, 0.1) is 24.0 Å². The molecule has 10 nitrogen and oxygen atoms in total. The molecule has 192 valence electrons. The number of nitrogens with one attached hydrogen (secondary N) is 1. The van der Waals surface area contributed by atoms with E-state index in [1.807, 2.05) is 30.7 Å². The molecule has 2 aromatic heterocycles. The maximum Gasteiger partial charge on any atom is 0.284 e. The summed E-state index contributed by atoms with van der Waals surface area (Å²) in [6.07, 6.45) is 3.18. The van der Waals surface area contributed by atoms with Gasteiger partial charge in [0.2, 0.25) is 0 Å². The maximum absolute atomic E-state index is 14.7. The number of amides is 1. The highest BCUT2D eigenvalue weighted by atomic mass is 19.1. The Bertz CT molecular complexity index is 1560. The molecule has 1 fully saturated rings. The molecule has 1 aliphatic heterocycles. The van der Waals surface area contributed by atoms with E-state index in [9.17, 15) is 14.0 Å². The number of nitrogens with zero attached hydrogens (tertiary/aromatic N) is 5. The number of ether oxygens (including phenoxy) is 1. The molecule has 0 spiro atoms. The predicted octanol–water partition coefficient (Wildman–Crippen LogP) is 2.76. The van der Waals surface area contributed by atoms with Gasteiger partial charge in [-0.2, -0.15) is 9.78 Å². The van der Waals surface area contributed by atoms with E-state index in [1.165, 1.54) is 37.6 Å². The average molecular weight is 506 g/mol. The summed E-state index contributed by atoms with van der Waals surface area (Å²) >= 11 is 0. The van der Waals surface area contributed by atoms with Crippen molar-refractivity contribution in [3.63, 3.8) is 0 Å². The summed E-state index contributed by atoms with van der Waals surface area (Å²) in [4.78, 5) is 33.7. The second-order valence-electron chi connectivity index (χ2n) is 8.98. The van der Waals surface area contributed by atoms with E-state index in [2.05, 4.69) is 15.3 Å². The number of para-hydroxylation sites is 1. The molecule has 1 saturated heterocycles. The van der Waals surface area contributed by atoms with Gasteiger partial charge in [-0.3, -0.25) is 9.59 Å². The minimum atomic E-state index is -0.777. The van der Waals surface area contributed by atoms with E-state index >= 15 is 0 Å². The van der Waals surface area contributed by atoms with Crippen LogP contribution in [0.2, 0.25) is 0 Å². The lowest BCUT2D eigenvalue weighted by molar-refractivity contribution is 0.102. The highest BCUT2D eigenvalue weighted by Crippen LogP contribution is 2.38. The number of anilines is 2. The maximum atomic E-state index is 14.7. The van der Waals surface area contributed by atoms with Crippen LogP contribution in [0.25, 0.3) is 16.7 Å². The number of methoxy groups -OCH3 is 1. The average Bonchev–Trinajstić information content (AvgIpc) is 3.48. The molecular formula is C26H28FN7O3. The molecule has 11 heteroatoms. The minimum absolute atomic E-state index is 0.107. The van der Waals surface area contributed by atoms with Crippen LogP contribution in [0.4, 0.5) is 15.8 Å². The van der Waals surface area contributed by atoms with Gasteiger partial charge < -0.3 is 25.3 Å². The van der Waals surface area contributed by atoms with Crippen LogP contribution in [0.1, 0.15) is 29.0 Å². The van der Waals surface area contributed by atoms with Gasteiger partial charge in [0, 0.05) is 32.4 Å². The van der Waals surface area contributed by atoms with E-state index < -0.39 is 17.3 Å². The Morgan fingerprint density at radius 1 is 1.24 bits per heavy atom. The van der Waals surface area contributed by atoms with Gasteiger partial charge >= 0.3 is 0 Å². The van der Waals surface area contributed by atoms with Crippen molar-refractivity contribution in [3.05, 3.63) is 70.2 Å². The Morgan fingerprint density at radius 2 is 2.05 bits per heavy atom. The van der Waals surface area contributed by atoms with Crippen molar-refractivity contribution in [1.82, 2.24) is 19.3 Å². The van der Waals surface area contributed by atoms with Crippen LogP contribution >= 0.6 is 0 Å². The van der Waals surface area contributed by atoms with Gasteiger partial charge in [-0.05, 0) is 50.1 Å². The molecule has 0 radical (unpaired) electrons. The highest BCUT2D eigenvalue weighted by Gasteiger charge is 2.29. The zero-order valence-electron chi connectivity index (χ0n) is 20.9. The van der Waals surface area contributed by atoms with Crippen LogP contribution in [0.3, 0.4) is 0 Å². The second-order valence-corrected chi connectivity index (χ2v) is 8.98. The normalized spacial score (nSPS) is 15.4. The molecular weight excluding hydrogens is 477 g/mol. The summed E-state index contributed by atoms with van der Waals surface area (Å²) in [6, 6.07) is 9.28. The summed E-state index contributed by atoms with van der Waals surface area (Å²) in [6.45, 7) is 3.16. The topological polar surface area (TPSA) is 120 Å². The lowest BCUT2D eigenvalue weighted by Gasteiger charge is -2.28. The fourth-order valence-corrected chi connectivity index (χ4v) is 4.93. The molecule has 2 aromatic carbocycles. The largest absolute Gasteiger partial charge is 0.494 e. The first-order valence-corrected chi connectivity index (χ1v) is 12.0. The number of halogens is 1. The molecule has 1 amide bonds. The Balaban J connectivity index is 1.59. The SMILES string of the molecule is COc1cccc(F)c1-n1nccc(C(=O)Nc2ccc3c(nc(C)n3C)c2N2CCC[C@H]2CN)c1=O. The molecule has 0 unspecified atom stereocenters. The third-order valence-electron chi connectivity index (χ3n) is 6.91. The van der Waals surface area contributed by atoms with Gasteiger partial charge in [0.25, 0.3) is 11.5 Å². The van der Waals surface area contributed by atoms with Crippen molar-refractivity contribution in [2.75, 3.05) is 30.4 Å². The Labute approximate surface area is 212 Å². The van der Waals surface area contributed by atoms with Gasteiger partial charge in [-0.1, -0.05) is 6.07 Å². The fourth-order valence-electron chi connectivity index (χ4n) is 4.93. The van der Waals surface area contributed by atoms with Crippen molar-refractivity contribution in [3.8, 4) is 11.4 Å². The van der Waals surface area contributed by atoms with Crippen molar-refractivity contribution >= 4 is 28.3 Å². The Morgan fingerprint density at radius 3 is 2.81 bits per heavy atom. The number of fused-ring (bicyclic) bond motifs is 1. The number of aromatic nitrogens is 4. The van der Waals surface area contributed by atoms with Gasteiger partial charge in [0.1, 0.15) is 28.3 Å². The van der Waals surface area contributed by atoms with E-state index in [1.54, 1.807) is 0 Å².